The molecule has 0 unspecified atom stereocenters. The Morgan fingerprint density at radius 3 is 2.70 bits per heavy atom. The largest absolute Gasteiger partial charge is 0.395 e. The van der Waals surface area contributed by atoms with Gasteiger partial charge in [-0.15, -0.1) is 16.4 Å². The smallest absolute Gasteiger partial charge is 0.253 e. The second-order valence-electron chi connectivity index (χ2n) is 6.69. The van der Waals surface area contributed by atoms with Gasteiger partial charge < -0.3 is 10.4 Å². The van der Waals surface area contributed by atoms with Crippen LogP contribution in [0.1, 0.15) is 39.6 Å². The van der Waals surface area contributed by atoms with Crippen LogP contribution in [0, 0.1) is 0 Å². The van der Waals surface area contributed by atoms with Crippen LogP contribution in [-0.2, 0) is 5.41 Å². The Bertz CT molecular complexity index is 948. The number of hydrogen-bond donors (Lipinski definition) is 2. The molecule has 0 saturated heterocycles. The third-order valence-electron chi connectivity index (χ3n) is 4.18. The van der Waals surface area contributed by atoms with Crippen LogP contribution in [0.5, 0.6) is 0 Å². The Labute approximate surface area is 160 Å². The van der Waals surface area contributed by atoms with Gasteiger partial charge in [0.2, 0.25) is 0 Å². The number of rotatable bonds is 7. The molecule has 7 nitrogen and oxygen atoms in total. The van der Waals surface area contributed by atoms with Crippen LogP contribution in [-0.4, -0.2) is 44.9 Å². The van der Waals surface area contributed by atoms with Crippen molar-refractivity contribution in [1.82, 2.24) is 20.3 Å². The predicted octanol–water partition coefficient (Wildman–Crippen LogP) is 2.21. The summed E-state index contributed by atoms with van der Waals surface area (Å²) in [6.07, 6.45) is 1.69. The maximum absolute atomic E-state index is 12.6. The van der Waals surface area contributed by atoms with E-state index in [1.807, 2.05) is 19.2 Å². The Hall–Kier alpha value is -2.84. The molecule has 0 saturated carbocycles. The molecule has 2 N–H and O–H groups in total. The Balaban J connectivity index is 1.80. The monoisotopic (exact) mass is 384 g/mol. The van der Waals surface area contributed by atoms with E-state index in [9.17, 15) is 14.7 Å². The van der Waals surface area contributed by atoms with Gasteiger partial charge in [0.1, 0.15) is 0 Å². The Kier molecular flexibility index (Phi) is 5.48. The van der Waals surface area contributed by atoms with E-state index in [1.54, 1.807) is 42.6 Å². The molecule has 1 amide bonds. The number of aliphatic hydroxyl groups excluding tert-OH is 1. The number of thiophene rings is 1. The molecule has 0 aliphatic carbocycles. The van der Waals surface area contributed by atoms with Gasteiger partial charge in [-0.1, -0.05) is 37.3 Å². The summed E-state index contributed by atoms with van der Waals surface area (Å²) in [5.74, 6) is -0.502. The van der Waals surface area contributed by atoms with Crippen molar-refractivity contribution in [3.05, 3.63) is 64.1 Å². The van der Waals surface area contributed by atoms with Crippen molar-refractivity contribution in [3.63, 3.8) is 0 Å². The molecule has 0 spiro atoms. The minimum Gasteiger partial charge on any atom is -0.395 e. The van der Waals surface area contributed by atoms with E-state index in [-0.39, 0.29) is 24.8 Å². The van der Waals surface area contributed by atoms with Gasteiger partial charge in [-0.2, -0.15) is 0 Å². The highest BCUT2D eigenvalue weighted by molar-refractivity contribution is 7.12. The fourth-order valence-electron chi connectivity index (χ4n) is 2.42. The number of ketones is 1. The molecule has 0 fully saturated rings. The van der Waals surface area contributed by atoms with Crippen LogP contribution < -0.4 is 5.32 Å². The van der Waals surface area contributed by atoms with Gasteiger partial charge in [0.25, 0.3) is 5.91 Å². The fourth-order valence-corrected chi connectivity index (χ4v) is 3.08. The Morgan fingerprint density at radius 1 is 1.22 bits per heavy atom. The van der Waals surface area contributed by atoms with Gasteiger partial charge in [0, 0.05) is 5.41 Å². The third-order valence-corrected chi connectivity index (χ3v) is 5.09. The van der Waals surface area contributed by atoms with Crippen LogP contribution in [0.15, 0.2) is 48.0 Å². The highest BCUT2D eigenvalue weighted by Crippen LogP contribution is 2.21. The number of amides is 1. The van der Waals surface area contributed by atoms with Gasteiger partial charge in [0.05, 0.1) is 41.2 Å². The molecule has 0 aliphatic rings. The zero-order valence-electron chi connectivity index (χ0n) is 15.0. The van der Waals surface area contributed by atoms with E-state index >= 15 is 0 Å². The number of nitrogens with zero attached hydrogens (tertiary/aromatic N) is 3. The zero-order valence-corrected chi connectivity index (χ0v) is 15.9. The topological polar surface area (TPSA) is 97.1 Å². The molecule has 27 heavy (non-hydrogen) atoms. The van der Waals surface area contributed by atoms with Crippen LogP contribution in [0.2, 0.25) is 0 Å². The summed E-state index contributed by atoms with van der Waals surface area (Å²) in [5, 5.41) is 22.2. The number of aromatic nitrogens is 3. The van der Waals surface area contributed by atoms with Crippen molar-refractivity contribution in [1.29, 1.82) is 0 Å². The average molecular weight is 384 g/mol. The first-order valence-corrected chi connectivity index (χ1v) is 9.28. The molecule has 2 heterocycles. The van der Waals surface area contributed by atoms with Crippen molar-refractivity contribution in [2.24, 2.45) is 0 Å². The number of hydrogen-bond acceptors (Lipinski definition) is 6. The molecule has 3 aromatic rings. The molecular formula is C19H20N4O3S. The van der Waals surface area contributed by atoms with Crippen molar-refractivity contribution in [3.8, 4) is 5.69 Å². The number of para-hydroxylation sites is 1. The van der Waals surface area contributed by atoms with Gasteiger partial charge in [-0.3, -0.25) is 9.59 Å². The highest BCUT2D eigenvalue weighted by Gasteiger charge is 2.24. The van der Waals surface area contributed by atoms with E-state index in [1.165, 1.54) is 16.0 Å². The summed E-state index contributed by atoms with van der Waals surface area (Å²) in [4.78, 5) is 25.3. The normalized spacial score (nSPS) is 11.4. The van der Waals surface area contributed by atoms with Crippen LogP contribution in [0.3, 0.4) is 0 Å². The van der Waals surface area contributed by atoms with Gasteiger partial charge >= 0.3 is 0 Å². The lowest BCUT2D eigenvalue weighted by Gasteiger charge is -2.17. The first-order chi connectivity index (χ1) is 12.9. The summed E-state index contributed by atoms with van der Waals surface area (Å²) in [6, 6.07) is 10.5. The number of benzene rings is 1. The van der Waals surface area contributed by atoms with Crippen molar-refractivity contribution >= 4 is 23.0 Å². The molecule has 0 bridgehead atoms. The number of Topliss-reactive ketones (excluding diaryl/α,β-unsaturated/α-hetero) is 1. The minimum absolute atomic E-state index is 0.0708. The maximum atomic E-state index is 12.6. The summed E-state index contributed by atoms with van der Waals surface area (Å²) >= 11 is 1.34. The van der Waals surface area contributed by atoms with Crippen molar-refractivity contribution in [2.75, 3.05) is 13.2 Å². The molecule has 0 atom stereocenters. The molecular weight excluding hydrogens is 364 g/mol. The van der Waals surface area contributed by atoms with E-state index < -0.39 is 5.41 Å². The summed E-state index contributed by atoms with van der Waals surface area (Å²) in [6.45, 7) is 3.57. The Morgan fingerprint density at radius 2 is 2.00 bits per heavy atom. The number of aliphatic hydroxyl groups is 1. The average Bonchev–Trinajstić information content (AvgIpc) is 3.38. The molecule has 0 radical (unpaired) electrons. The molecule has 0 aliphatic heterocycles. The first kappa shape index (κ1) is 18.9. The van der Waals surface area contributed by atoms with Crippen LogP contribution >= 0.6 is 11.3 Å². The maximum Gasteiger partial charge on any atom is 0.253 e. The third kappa shape index (κ3) is 4.12. The molecule has 3 rings (SSSR count). The van der Waals surface area contributed by atoms with Crippen LogP contribution in [0.4, 0.5) is 0 Å². The lowest BCUT2D eigenvalue weighted by molar-refractivity contribution is 0.0905. The summed E-state index contributed by atoms with van der Waals surface area (Å²) in [7, 11) is 0. The highest BCUT2D eigenvalue weighted by atomic mass is 32.1. The van der Waals surface area contributed by atoms with E-state index in [0.717, 1.165) is 0 Å². The lowest BCUT2D eigenvalue weighted by Crippen LogP contribution is -2.30. The van der Waals surface area contributed by atoms with E-state index in [4.69, 9.17) is 0 Å². The number of carbonyl (C=O) groups is 2. The summed E-state index contributed by atoms with van der Waals surface area (Å²) < 4.78 is 1.50. The molecule has 2 aromatic heterocycles. The standard InChI is InChI=1S/C19H20N4O3S/c1-19(2,12-24)17-11-23(22-21-17)14-7-4-3-6-13(14)18(26)20-10-15(25)16-8-5-9-27-16/h3-9,11,24H,10,12H2,1-2H3,(H,20,26). The number of nitrogens with one attached hydrogen (secondary N) is 1. The van der Waals surface area contributed by atoms with E-state index in [0.29, 0.717) is 21.8 Å². The predicted molar refractivity (Wildman–Crippen MR) is 102 cm³/mol. The van der Waals surface area contributed by atoms with Crippen LogP contribution in [0.25, 0.3) is 5.69 Å². The fraction of sp³-hybridized carbons (Fsp3) is 0.263. The van der Waals surface area contributed by atoms with Crippen molar-refractivity contribution < 1.29 is 14.7 Å². The first-order valence-electron chi connectivity index (χ1n) is 8.40. The van der Waals surface area contributed by atoms with Gasteiger partial charge in [0.15, 0.2) is 5.78 Å². The number of carbonyl (C=O) groups excluding carboxylic acids is 2. The second-order valence-corrected chi connectivity index (χ2v) is 7.64. The minimum atomic E-state index is -0.539. The summed E-state index contributed by atoms with van der Waals surface area (Å²) in [5.41, 5.74) is 1.01. The molecule has 140 valence electrons. The molecule has 8 heteroatoms. The lowest BCUT2D eigenvalue weighted by atomic mass is 9.91. The van der Waals surface area contributed by atoms with Gasteiger partial charge in [-0.05, 0) is 23.6 Å². The SMILES string of the molecule is CC(C)(CO)c1cn(-c2ccccc2C(=O)NCC(=O)c2cccs2)nn1. The molecule has 1 aromatic carbocycles. The van der Waals surface area contributed by atoms with Crippen molar-refractivity contribution in [2.45, 2.75) is 19.3 Å². The second kappa shape index (κ2) is 7.81. The quantitative estimate of drug-likeness (QED) is 0.609. The van der Waals surface area contributed by atoms with E-state index in [2.05, 4.69) is 15.6 Å². The zero-order chi connectivity index (χ0) is 19.4. The van der Waals surface area contributed by atoms with Gasteiger partial charge in [-0.25, -0.2) is 4.68 Å².